The molecule has 2 N–H and O–H groups in total. The summed E-state index contributed by atoms with van der Waals surface area (Å²) in [4.78, 5) is 35.8. The number of benzene rings is 1. The van der Waals surface area contributed by atoms with Gasteiger partial charge in [0.05, 0.1) is 11.0 Å². The summed E-state index contributed by atoms with van der Waals surface area (Å²) >= 11 is 1.74. The number of imidazole rings is 1. The monoisotopic (exact) mass is 643 g/mol. The molecule has 46 heavy (non-hydrogen) atoms. The van der Waals surface area contributed by atoms with Crippen LogP contribution in [0.4, 0.5) is 0 Å². The molecule has 1 aliphatic heterocycles. The van der Waals surface area contributed by atoms with Gasteiger partial charge >= 0.3 is 0 Å². The lowest BCUT2D eigenvalue weighted by atomic mass is 10.0. The van der Waals surface area contributed by atoms with E-state index in [9.17, 15) is 9.59 Å². The van der Waals surface area contributed by atoms with Crippen molar-refractivity contribution in [2.75, 3.05) is 19.6 Å². The van der Waals surface area contributed by atoms with Crippen LogP contribution in [0.1, 0.15) is 94.3 Å². The number of carbonyl (C=O) groups excluding carboxylic acids is 2. The molecule has 1 aliphatic rings. The Balaban J connectivity index is 1.43. The molecule has 0 aliphatic carbocycles. The van der Waals surface area contributed by atoms with Gasteiger partial charge in [0, 0.05) is 42.0 Å². The van der Waals surface area contributed by atoms with Crippen LogP contribution in [0.15, 0.2) is 72.2 Å². The Bertz CT molecular complexity index is 1520. The third kappa shape index (κ3) is 8.85. The summed E-state index contributed by atoms with van der Waals surface area (Å²) in [6.07, 6.45) is 12.4. The normalized spacial score (nSPS) is 17.3. The average molecular weight is 644 g/mol. The lowest BCUT2D eigenvalue weighted by molar-refractivity contribution is -0.123. The van der Waals surface area contributed by atoms with Gasteiger partial charge < -0.3 is 15.2 Å². The van der Waals surface area contributed by atoms with Gasteiger partial charge in [0.2, 0.25) is 5.91 Å². The van der Waals surface area contributed by atoms with E-state index < -0.39 is 6.04 Å². The standard InChI is InChI=1S/C38H53N5O2S/c1-8-12-14-29(9-2)27(7)42-19-18-28(25-42)24-39-38(45)34(21-26(5)6)41-37(44)30-16-17-35-33(22-30)40-36(23-32-15-13-20-46-32)43(35)31(10-3)11-4/h8-9,12-17,20,22,26-28,31,34H,1,10-11,18-19,21,23-25H2,2-7H3,(H,39,45)(H,41,44)/b14-12-,29-9+/t27?,28?,34-/m0/s1. The molecule has 2 unspecified atom stereocenters. The van der Waals surface area contributed by atoms with Crippen LogP contribution in [0.3, 0.4) is 0 Å². The third-order valence-electron chi connectivity index (χ3n) is 9.24. The molecule has 4 rings (SSSR count). The van der Waals surface area contributed by atoms with E-state index in [1.54, 1.807) is 17.4 Å². The smallest absolute Gasteiger partial charge is 0.252 e. The largest absolute Gasteiger partial charge is 0.354 e. The molecule has 3 atom stereocenters. The Morgan fingerprint density at radius 1 is 1.17 bits per heavy atom. The first-order chi connectivity index (χ1) is 22.2. The summed E-state index contributed by atoms with van der Waals surface area (Å²) in [7, 11) is 0. The minimum Gasteiger partial charge on any atom is -0.354 e. The Hall–Kier alpha value is -3.49. The molecule has 8 heteroatoms. The highest BCUT2D eigenvalue weighted by Crippen LogP contribution is 2.29. The molecule has 3 heterocycles. The van der Waals surface area contributed by atoms with Crippen molar-refractivity contribution >= 4 is 34.2 Å². The highest BCUT2D eigenvalue weighted by molar-refractivity contribution is 7.09. The van der Waals surface area contributed by atoms with E-state index in [1.807, 2.05) is 24.3 Å². The van der Waals surface area contributed by atoms with Gasteiger partial charge in [-0.05, 0) is 93.1 Å². The Morgan fingerprint density at radius 2 is 1.96 bits per heavy atom. The van der Waals surface area contributed by atoms with Crippen molar-refractivity contribution in [2.24, 2.45) is 11.8 Å². The minimum absolute atomic E-state index is 0.117. The van der Waals surface area contributed by atoms with Gasteiger partial charge in [-0.3, -0.25) is 14.5 Å². The first kappa shape index (κ1) is 35.4. The highest BCUT2D eigenvalue weighted by atomic mass is 32.1. The number of thiophene rings is 1. The van der Waals surface area contributed by atoms with Gasteiger partial charge in [0.15, 0.2) is 0 Å². The van der Waals surface area contributed by atoms with Crippen LogP contribution in [-0.4, -0.2) is 58.0 Å². The Kier molecular flexibility index (Phi) is 13.0. The number of fused-ring (bicyclic) bond motifs is 1. The van der Waals surface area contributed by atoms with Crippen molar-refractivity contribution in [2.45, 2.75) is 91.8 Å². The van der Waals surface area contributed by atoms with E-state index in [2.05, 4.69) is 97.9 Å². The first-order valence-electron chi connectivity index (χ1n) is 17.0. The number of carbonyl (C=O) groups is 2. The second-order valence-electron chi connectivity index (χ2n) is 12.9. The van der Waals surface area contributed by atoms with Crippen LogP contribution in [0.5, 0.6) is 0 Å². The number of amides is 2. The SMILES string of the molecule is C=C/C=C\C(=C/C)C(C)N1CCC(CNC(=O)[C@H](CC(C)C)NC(=O)c2ccc3c(c2)nc(Cc2cccs2)n3C(CC)CC)C1. The zero-order chi connectivity index (χ0) is 33.2. The van der Waals surface area contributed by atoms with Crippen molar-refractivity contribution in [1.29, 1.82) is 0 Å². The molecule has 0 saturated carbocycles. The van der Waals surface area contributed by atoms with Crippen molar-refractivity contribution in [1.82, 2.24) is 25.1 Å². The zero-order valence-corrected chi connectivity index (χ0v) is 29.4. The summed E-state index contributed by atoms with van der Waals surface area (Å²) in [6, 6.07) is 10.0. The maximum Gasteiger partial charge on any atom is 0.252 e. The summed E-state index contributed by atoms with van der Waals surface area (Å²) in [5, 5.41) is 8.33. The molecule has 2 amide bonds. The summed E-state index contributed by atoms with van der Waals surface area (Å²) in [6.45, 7) is 19.2. The quantitative estimate of drug-likeness (QED) is 0.157. The number of rotatable bonds is 16. The fourth-order valence-electron chi connectivity index (χ4n) is 6.61. The molecule has 3 aromatic rings. The molecule has 248 valence electrons. The molecule has 1 fully saturated rings. The minimum atomic E-state index is -0.602. The van der Waals surface area contributed by atoms with E-state index in [0.717, 1.165) is 55.6 Å². The molecular weight excluding hydrogens is 591 g/mol. The summed E-state index contributed by atoms with van der Waals surface area (Å²) in [5.41, 5.74) is 3.66. The third-order valence-corrected chi connectivity index (χ3v) is 10.1. The van der Waals surface area contributed by atoms with Crippen molar-refractivity contribution < 1.29 is 9.59 Å². The molecule has 7 nitrogen and oxygen atoms in total. The second kappa shape index (κ2) is 16.9. The van der Waals surface area contributed by atoms with Crippen molar-refractivity contribution in [3.8, 4) is 0 Å². The van der Waals surface area contributed by atoms with Crippen molar-refractivity contribution in [3.63, 3.8) is 0 Å². The summed E-state index contributed by atoms with van der Waals surface area (Å²) < 4.78 is 2.36. The van der Waals surface area contributed by atoms with Crippen LogP contribution in [-0.2, 0) is 11.2 Å². The topological polar surface area (TPSA) is 79.3 Å². The van der Waals surface area contributed by atoms with E-state index in [4.69, 9.17) is 4.98 Å². The maximum absolute atomic E-state index is 13.6. The predicted molar refractivity (Wildman–Crippen MR) is 192 cm³/mol. The fraction of sp³-hybridized carbons (Fsp3) is 0.500. The van der Waals surface area contributed by atoms with Gasteiger partial charge in [-0.2, -0.15) is 0 Å². The molecule has 0 bridgehead atoms. The average Bonchev–Trinajstić information content (AvgIpc) is 3.81. The van der Waals surface area contributed by atoms with E-state index in [0.29, 0.717) is 36.5 Å². The number of nitrogens with one attached hydrogen (secondary N) is 2. The number of allylic oxidation sites excluding steroid dienone is 3. The lowest BCUT2D eigenvalue weighted by Gasteiger charge is -2.26. The number of aromatic nitrogens is 2. The van der Waals surface area contributed by atoms with E-state index >= 15 is 0 Å². The predicted octanol–water partition coefficient (Wildman–Crippen LogP) is 7.71. The van der Waals surface area contributed by atoms with Crippen LogP contribution >= 0.6 is 11.3 Å². The number of hydrogen-bond acceptors (Lipinski definition) is 5. The van der Waals surface area contributed by atoms with E-state index in [1.165, 1.54) is 10.5 Å². The molecule has 2 aromatic heterocycles. The van der Waals surface area contributed by atoms with Crippen LogP contribution in [0.2, 0.25) is 0 Å². The van der Waals surface area contributed by atoms with Gasteiger partial charge in [-0.15, -0.1) is 11.3 Å². The first-order valence-corrected chi connectivity index (χ1v) is 17.9. The fourth-order valence-corrected chi connectivity index (χ4v) is 7.31. The number of likely N-dealkylation sites (tertiary alicyclic amines) is 1. The lowest BCUT2D eigenvalue weighted by Crippen LogP contribution is -2.48. The van der Waals surface area contributed by atoms with E-state index in [-0.39, 0.29) is 17.7 Å². The zero-order valence-electron chi connectivity index (χ0n) is 28.6. The van der Waals surface area contributed by atoms with Gasteiger partial charge in [-0.1, -0.05) is 64.6 Å². The number of nitrogens with zero attached hydrogens (tertiary/aromatic N) is 3. The molecule has 0 spiro atoms. The molecule has 1 aromatic carbocycles. The second-order valence-corrected chi connectivity index (χ2v) is 14.0. The maximum atomic E-state index is 13.6. The Morgan fingerprint density at radius 3 is 2.61 bits per heavy atom. The van der Waals surface area contributed by atoms with Crippen LogP contribution < -0.4 is 10.6 Å². The number of hydrogen-bond donors (Lipinski definition) is 2. The molecule has 0 radical (unpaired) electrons. The van der Waals surface area contributed by atoms with Crippen LogP contribution in [0.25, 0.3) is 11.0 Å². The van der Waals surface area contributed by atoms with Crippen molar-refractivity contribution in [3.05, 3.63) is 88.4 Å². The van der Waals surface area contributed by atoms with Gasteiger partial charge in [0.1, 0.15) is 11.9 Å². The van der Waals surface area contributed by atoms with Gasteiger partial charge in [0.25, 0.3) is 5.91 Å². The summed E-state index contributed by atoms with van der Waals surface area (Å²) in [5.74, 6) is 1.29. The highest BCUT2D eigenvalue weighted by Gasteiger charge is 2.29. The Labute approximate surface area is 279 Å². The molecular formula is C38H53N5O2S. The van der Waals surface area contributed by atoms with Gasteiger partial charge in [-0.25, -0.2) is 4.98 Å². The molecule has 1 saturated heterocycles. The van der Waals surface area contributed by atoms with Crippen LogP contribution in [0, 0.1) is 11.8 Å².